The van der Waals surface area contributed by atoms with Crippen LogP contribution >= 0.6 is 0 Å². The Hall–Kier alpha value is -3.23. The number of hydrogen-bond donors (Lipinski definition) is 3. The summed E-state index contributed by atoms with van der Waals surface area (Å²) in [5.41, 5.74) is 1.67. The lowest BCUT2D eigenvalue weighted by Crippen LogP contribution is -2.52. The van der Waals surface area contributed by atoms with Crippen LogP contribution in [0.4, 0.5) is 0 Å². The summed E-state index contributed by atoms with van der Waals surface area (Å²) in [6.45, 7) is 10.2. The van der Waals surface area contributed by atoms with Gasteiger partial charge in [0, 0.05) is 11.6 Å². The number of H-pyrrole nitrogens is 1. The highest BCUT2D eigenvalue weighted by atomic mass is 16.4. The summed E-state index contributed by atoms with van der Waals surface area (Å²) >= 11 is 0. The molecular formula is C26H36N4O5. The third-order valence-corrected chi connectivity index (χ3v) is 6.42. The maximum Gasteiger partial charge on any atom is 0.434 e. The van der Waals surface area contributed by atoms with Crippen molar-refractivity contribution in [1.29, 1.82) is 0 Å². The number of aromatic amines is 1. The molecular weight excluding hydrogens is 448 g/mol. The van der Waals surface area contributed by atoms with E-state index in [9.17, 15) is 19.2 Å². The van der Waals surface area contributed by atoms with Gasteiger partial charge in [-0.15, -0.1) is 5.10 Å². The smallest absolute Gasteiger partial charge is 0.384 e. The maximum atomic E-state index is 13.3. The van der Waals surface area contributed by atoms with E-state index in [0.29, 0.717) is 24.8 Å². The Morgan fingerprint density at radius 3 is 2.34 bits per heavy atom. The highest BCUT2D eigenvalue weighted by Gasteiger charge is 2.35. The number of amides is 2. The van der Waals surface area contributed by atoms with E-state index in [4.69, 9.17) is 4.42 Å². The standard InChI is InChI=1S/C26H36N4O5/c1-15(2)14-20(21(31)24-29-30-25(34)35-24)28-23(33)18-8-6-7-9-19(18)27-22(32)16-10-12-17(13-11-16)26(3,4)5/h10-13,15,18-20H,6-9,14H2,1-5H3,(H,27,32)(H,28,33)(H,30,34)/t18-,19+,20+/m1/s1. The first-order chi connectivity index (χ1) is 16.5. The molecule has 35 heavy (non-hydrogen) atoms. The molecule has 3 N–H and O–H groups in total. The van der Waals surface area contributed by atoms with E-state index in [1.54, 1.807) is 0 Å². The van der Waals surface area contributed by atoms with Gasteiger partial charge in [0.15, 0.2) is 0 Å². The second-order valence-electron chi connectivity index (χ2n) is 10.8. The fourth-order valence-electron chi connectivity index (χ4n) is 4.46. The summed E-state index contributed by atoms with van der Waals surface area (Å²) in [6, 6.07) is 6.31. The SMILES string of the molecule is CC(C)C[C@H](NC(=O)[C@@H]1CCCC[C@@H]1NC(=O)c1ccc(C(C)(C)C)cc1)C(=O)c1n[nH]c(=O)o1. The number of nitrogens with zero attached hydrogens (tertiary/aromatic N) is 1. The fraction of sp³-hybridized carbons (Fsp3) is 0.577. The van der Waals surface area contributed by atoms with Gasteiger partial charge < -0.3 is 15.1 Å². The minimum absolute atomic E-state index is 0.00994. The van der Waals surface area contributed by atoms with Crippen LogP contribution in [-0.4, -0.2) is 39.9 Å². The molecule has 9 nitrogen and oxygen atoms in total. The molecule has 2 amide bonds. The second kappa shape index (κ2) is 11.0. The highest BCUT2D eigenvalue weighted by Crippen LogP contribution is 2.26. The van der Waals surface area contributed by atoms with E-state index in [0.717, 1.165) is 18.4 Å². The Morgan fingerprint density at radius 2 is 1.77 bits per heavy atom. The normalized spacial score (nSPS) is 19.3. The predicted octanol–water partition coefficient (Wildman–Crippen LogP) is 3.36. The lowest BCUT2D eigenvalue weighted by atomic mass is 9.83. The largest absolute Gasteiger partial charge is 0.434 e. The van der Waals surface area contributed by atoms with Gasteiger partial charge in [-0.3, -0.25) is 14.4 Å². The summed E-state index contributed by atoms with van der Waals surface area (Å²) < 4.78 is 4.81. The van der Waals surface area contributed by atoms with Gasteiger partial charge in [-0.25, -0.2) is 9.89 Å². The number of Topliss-reactive ketones (excluding diaryl/α,β-unsaturated/α-hetero) is 1. The molecule has 3 atom stereocenters. The first kappa shape index (κ1) is 26.4. The van der Waals surface area contributed by atoms with Crippen molar-refractivity contribution in [2.24, 2.45) is 11.8 Å². The van der Waals surface area contributed by atoms with Crippen LogP contribution < -0.4 is 16.4 Å². The quantitative estimate of drug-likeness (QED) is 0.492. The van der Waals surface area contributed by atoms with E-state index in [2.05, 4.69) is 41.6 Å². The summed E-state index contributed by atoms with van der Waals surface area (Å²) in [6.07, 6.45) is 3.43. The Morgan fingerprint density at radius 1 is 1.11 bits per heavy atom. The third kappa shape index (κ3) is 6.90. The highest BCUT2D eigenvalue weighted by molar-refractivity contribution is 5.99. The molecule has 0 saturated heterocycles. The van der Waals surface area contributed by atoms with E-state index in [1.165, 1.54) is 0 Å². The first-order valence-corrected chi connectivity index (χ1v) is 12.3. The van der Waals surface area contributed by atoms with Gasteiger partial charge in [-0.1, -0.05) is 59.6 Å². The zero-order valence-corrected chi connectivity index (χ0v) is 21.1. The molecule has 190 valence electrons. The molecule has 1 aromatic carbocycles. The molecule has 1 aromatic heterocycles. The van der Waals surface area contributed by atoms with Gasteiger partial charge in [-0.05, 0) is 48.3 Å². The molecule has 0 radical (unpaired) electrons. The van der Waals surface area contributed by atoms with Crippen LogP contribution in [-0.2, 0) is 10.2 Å². The zero-order valence-electron chi connectivity index (χ0n) is 21.1. The van der Waals surface area contributed by atoms with E-state index < -0.39 is 23.5 Å². The van der Waals surface area contributed by atoms with Crippen molar-refractivity contribution in [3.63, 3.8) is 0 Å². The third-order valence-electron chi connectivity index (χ3n) is 6.42. The van der Waals surface area contributed by atoms with Crippen molar-refractivity contribution in [3.8, 4) is 0 Å². The van der Waals surface area contributed by atoms with Crippen molar-refractivity contribution < 1.29 is 18.8 Å². The van der Waals surface area contributed by atoms with Crippen LogP contribution in [0.2, 0.25) is 0 Å². The summed E-state index contributed by atoms with van der Waals surface area (Å²) in [5, 5.41) is 11.6. The molecule has 9 heteroatoms. The van der Waals surface area contributed by atoms with Gasteiger partial charge in [0.25, 0.3) is 11.8 Å². The number of nitrogens with one attached hydrogen (secondary N) is 3. The van der Waals surface area contributed by atoms with E-state index in [-0.39, 0.29) is 35.1 Å². The second-order valence-corrected chi connectivity index (χ2v) is 10.8. The number of rotatable bonds is 8. The Balaban J connectivity index is 1.71. The minimum atomic E-state index is -0.878. The topological polar surface area (TPSA) is 134 Å². The molecule has 0 unspecified atom stereocenters. The predicted molar refractivity (Wildman–Crippen MR) is 131 cm³/mol. The van der Waals surface area contributed by atoms with Gasteiger partial charge >= 0.3 is 5.76 Å². The van der Waals surface area contributed by atoms with Crippen LogP contribution in [0.15, 0.2) is 33.5 Å². The lowest BCUT2D eigenvalue weighted by Gasteiger charge is -2.32. The summed E-state index contributed by atoms with van der Waals surface area (Å²) in [7, 11) is 0. The zero-order chi connectivity index (χ0) is 25.8. The summed E-state index contributed by atoms with van der Waals surface area (Å²) in [5.74, 6) is -2.61. The van der Waals surface area contributed by atoms with E-state index in [1.807, 2.05) is 38.1 Å². The molecule has 1 saturated carbocycles. The van der Waals surface area contributed by atoms with Crippen LogP contribution in [0.25, 0.3) is 0 Å². The minimum Gasteiger partial charge on any atom is -0.384 e. The Labute approximate surface area is 205 Å². The van der Waals surface area contributed by atoms with Crippen molar-refractivity contribution in [2.45, 2.75) is 84.2 Å². The molecule has 1 heterocycles. The summed E-state index contributed by atoms with van der Waals surface area (Å²) in [4.78, 5) is 50.4. The fourth-order valence-corrected chi connectivity index (χ4v) is 4.46. The van der Waals surface area contributed by atoms with Gasteiger partial charge in [-0.2, -0.15) is 0 Å². The van der Waals surface area contributed by atoms with E-state index >= 15 is 0 Å². The Kier molecular flexibility index (Phi) is 8.30. The van der Waals surface area contributed by atoms with Crippen LogP contribution in [0.1, 0.15) is 93.3 Å². The van der Waals surface area contributed by atoms with Crippen LogP contribution in [0, 0.1) is 11.8 Å². The van der Waals surface area contributed by atoms with Crippen LogP contribution in [0.5, 0.6) is 0 Å². The molecule has 0 bridgehead atoms. The number of carbonyl (C=O) groups excluding carboxylic acids is 3. The van der Waals surface area contributed by atoms with Crippen molar-refractivity contribution >= 4 is 17.6 Å². The molecule has 0 spiro atoms. The first-order valence-electron chi connectivity index (χ1n) is 12.3. The number of hydrogen-bond acceptors (Lipinski definition) is 6. The Bertz CT molecular complexity index is 1090. The molecule has 0 aliphatic heterocycles. The molecule has 1 aliphatic rings. The maximum absolute atomic E-state index is 13.3. The number of carbonyl (C=O) groups is 3. The van der Waals surface area contributed by atoms with Gasteiger partial charge in [0.2, 0.25) is 11.7 Å². The number of benzene rings is 1. The number of ketones is 1. The molecule has 3 rings (SSSR count). The van der Waals surface area contributed by atoms with Crippen molar-refractivity contribution in [1.82, 2.24) is 20.8 Å². The van der Waals surface area contributed by atoms with Crippen molar-refractivity contribution in [3.05, 3.63) is 51.8 Å². The van der Waals surface area contributed by atoms with Gasteiger partial charge in [0.05, 0.1) is 12.0 Å². The number of aromatic nitrogens is 2. The molecule has 1 fully saturated rings. The molecule has 2 aromatic rings. The average molecular weight is 485 g/mol. The van der Waals surface area contributed by atoms with Crippen LogP contribution in [0.3, 0.4) is 0 Å². The van der Waals surface area contributed by atoms with Gasteiger partial charge in [0.1, 0.15) is 0 Å². The lowest BCUT2D eigenvalue weighted by molar-refractivity contribution is -0.127. The average Bonchev–Trinajstić information content (AvgIpc) is 3.24. The van der Waals surface area contributed by atoms with Crippen molar-refractivity contribution in [2.75, 3.05) is 0 Å². The molecule has 1 aliphatic carbocycles. The monoisotopic (exact) mass is 484 g/mol.